The van der Waals surface area contributed by atoms with Gasteiger partial charge >= 0.3 is 5.97 Å². The number of hydrogen-bond donors (Lipinski definition) is 2. The van der Waals surface area contributed by atoms with Gasteiger partial charge in [-0.15, -0.1) is 0 Å². The highest BCUT2D eigenvalue weighted by atomic mass is 16.4. The summed E-state index contributed by atoms with van der Waals surface area (Å²) in [7, 11) is 0. The van der Waals surface area contributed by atoms with Crippen molar-refractivity contribution >= 4 is 23.9 Å². The van der Waals surface area contributed by atoms with Crippen molar-refractivity contribution in [1.82, 2.24) is 9.55 Å². The third kappa shape index (κ3) is 3.40. The number of Topliss-reactive ketones (excluding diaryl/α,β-unsaturated/α-hetero) is 1. The molecule has 0 saturated carbocycles. The molecule has 0 unspecified atom stereocenters. The standard InChI is InChI=1S/C12H16N4O3/c17-9-6-13-7-14-12-11(9)16(8-15-12)5-3-1-2-4-10(18)19/h7-8H,1-6H2,(H,13,14)(H,18,19). The minimum atomic E-state index is -0.770. The van der Waals surface area contributed by atoms with Crippen LogP contribution < -0.4 is 5.32 Å². The van der Waals surface area contributed by atoms with Crippen LogP contribution in [0.25, 0.3) is 0 Å². The van der Waals surface area contributed by atoms with Gasteiger partial charge in [0.15, 0.2) is 5.82 Å². The first-order valence-electron chi connectivity index (χ1n) is 6.23. The molecule has 0 saturated heterocycles. The fourth-order valence-corrected chi connectivity index (χ4v) is 2.00. The van der Waals surface area contributed by atoms with Gasteiger partial charge in [-0.1, -0.05) is 6.42 Å². The molecule has 1 aliphatic heterocycles. The third-order valence-electron chi connectivity index (χ3n) is 2.92. The number of nitrogens with one attached hydrogen (secondary N) is 1. The first kappa shape index (κ1) is 13.3. The molecule has 7 nitrogen and oxygen atoms in total. The van der Waals surface area contributed by atoms with Crippen molar-refractivity contribution in [2.24, 2.45) is 4.99 Å². The zero-order chi connectivity index (χ0) is 13.7. The molecule has 0 fully saturated rings. The molecule has 19 heavy (non-hydrogen) atoms. The maximum Gasteiger partial charge on any atom is 0.303 e. The lowest BCUT2D eigenvalue weighted by Gasteiger charge is -2.06. The van der Waals surface area contributed by atoms with Gasteiger partial charge in [0.1, 0.15) is 12.2 Å². The van der Waals surface area contributed by atoms with Crippen molar-refractivity contribution in [3.05, 3.63) is 12.0 Å². The summed E-state index contributed by atoms with van der Waals surface area (Å²) in [4.78, 5) is 30.3. The van der Waals surface area contributed by atoms with E-state index < -0.39 is 5.97 Å². The summed E-state index contributed by atoms with van der Waals surface area (Å²) in [5, 5.41) is 11.4. The Balaban J connectivity index is 1.90. The summed E-state index contributed by atoms with van der Waals surface area (Å²) in [6, 6.07) is 0. The molecule has 0 bridgehead atoms. The van der Waals surface area contributed by atoms with Crippen LogP contribution in [0.15, 0.2) is 11.3 Å². The Kier molecular flexibility index (Phi) is 4.27. The first-order chi connectivity index (χ1) is 9.18. The third-order valence-corrected chi connectivity index (χ3v) is 2.92. The zero-order valence-electron chi connectivity index (χ0n) is 10.5. The number of carbonyl (C=O) groups is 2. The van der Waals surface area contributed by atoms with Crippen molar-refractivity contribution in [2.45, 2.75) is 32.2 Å². The van der Waals surface area contributed by atoms with E-state index in [1.54, 1.807) is 10.9 Å². The molecule has 7 heteroatoms. The van der Waals surface area contributed by atoms with Crippen LogP contribution in [0.2, 0.25) is 0 Å². The van der Waals surface area contributed by atoms with Crippen LogP contribution in [0.1, 0.15) is 36.2 Å². The molecule has 1 aliphatic rings. The van der Waals surface area contributed by atoms with E-state index in [1.165, 1.54) is 6.34 Å². The second-order valence-electron chi connectivity index (χ2n) is 4.38. The van der Waals surface area contributed by atoms with Crippen LogP contribution in [0.5, 0.6) is 0 Å². The number of unbranched alkanes of at least 4 members (excludes halogenated alkanes) is 2. The van der Waals surface area contributed by atoms with Crippen molar-refractivity contribution in [3.8, 4) is 0 Å². The number of carbonyl (C=O) groups excluding carboxylic acids is 1. The maximum atomic E-state index is 11.9. The van der Waals surface area contributed by atoms with E-state index in [0.29, 0.717) is 24.5 Å². The molecule has 2 heterocycles. The number of ketones is 1. The first-order valence-corrected chi connectivity index (χ1v) is 6.23. The predicted molar refractivity (Wildman–Crippen MR) is 69.6 cm³/mol. The lowest BCUT2D eigenvalue weighted by Crippen LogP contribution is -2.11. The smallest absolute Gasteiger partial charge is 0.303 e. The number of hydrogen-bond acceptors (Lipinski definition) is 5. The van der Waals surface area contributed by atoms with Crippen LogP contribution in [-0.4, -0.2) is 39.3 Å². The van der Waals surface area contributed by atoms with Crippen LogP contribution >= 0.6 is 0 Å². The number of rotatable bonds is 6. The Morgan fingerprint density at radius 1 is 1.42 bits per heavy atom. The number of aliphatic carboxylic acids is 1. The topological polar surface area (TPSA) is 96.6 Å². The second-order valence-corrected chi connectivity index (χ2v) is 4.38. The highest BCUT2D eigenvalue weighted by Crippen LogP contribution is 2.17. The highest BCUT2D eigenvalue weighted by Gasteiger charge is 2.19. The molecule has 0 radical (unpaired) electrons. The SMILES string of the molecule is O=C(O)CCCCCn1cnc2c1C(=O)CN=CN2. The van der Waals surface area contributed by atoms with E-state index in [2.05, 4.69) is 15.3 Å². The van der Waals surface area contributed by atoms with Gasteiger partial charge in [-0.2, -0.15) is 0 Å². The summed E-state index contributed by atoms with van der Waals surface area (Å²) in [6.45, 7) is 0.792. The van der Waals surface area contributed by atoms with Gasteiger partial charge in [0.2, 0.25) is 5.78 Å². The molecule has 0 atom stereocenters. The Morgan fingerprint density at radius 3 is 3.05 bits per heavy atom. The van der Waals surface area contributed by atoms with Crippen molar-refractivity contribution < 1.29 is 14.7 Å². The number of carboxylic acid groups (broad SMARTS) is 1. The zero-order valence-corrected chi connectivity index (χ0v) is 10.5. The number of imidazole rings is 1. The van der Waals surface area contributed by atoms with Gasteiger partial charge in [-0.3, -0.25) is 14.6 Å². The minimum Gasteiger partial charge on any atom is -0.481 e. The molecule has 0 spiro atoms. The number of fused-ring (bicyclic) bond motifs is 1. The van der Waals surface area contributed by atoms with E-state index in [-0.39, 0.29) is 18.7 Å². The fourth-order valence-electron chi connectivity index (χ4n) is 2.00. The van der Waals surface area contributed by atoms with Crippen molar-refractivity contribution in [2.75, 3.05) is 11.9 Å². The minimum absolute atomic E-state index is 0.0562. The van der Waals surface area contributed by atoms with Crippen LogP contribution in [0, 0.1) is 0 Å². The predicted octanol–water partition coefficient (Wildman–Crippen LogP) is 1.16. The van der Waals surface area contributed by atoms with Crippen molar-refractivity contribution in [3.63, 3.8) is 0 Å². The van der Waals surface area contributed by atoms with E-state index >= 15 is 0 Å². The summed E-state index contributed by atoms with van der Waals surface area (Å²) in [6.07, 6.45) is 5.60. The van der Waals surface area contributed by atoms with E-state index in [1.807, 2.05) is 0 Å². The van der Waals surface area contributed by atoms with Gasteiger partial charge in [0.05, 0.1) is 12.7 Å². The number of anilines is 1. The second kappa shape index (κ2) is 6.12. The Bertz CT molecular complexity index is 507. The van der Waals surface area contributed by atoms with E-state index in [9.17, 15) is 9.59 Å². The van der Waals surface area contributed by atoms with Gasteiger partial charge in [0.25, 0.3) is 0 Å². The number of nitrogens with zero attached hydrogens (tertiary/aromatic N) is 3. The molecule has 0 amide bonds. The summed E-state index contributed by atoms with van der Waals surface area (Å²) in [5.74, 6) is -0.288. The highest BCUT2D eigenvalue weighted by molar-refractivity contribution is 6.04. The molecular formula is C12H16N4O3. The number of aliphatic imine (C=N–C) groups is 1. The fraction of sp³-hybridized carbons (Fsp3) is 0.500. The maximum absolute atomic E-state index is 11.9. The number of carboxylic acids is 1. The normalized spacial score (nSPS) is 13.8. The lowest BCUT2D eigenvalue weighted by molar-refractivity contribution is -0.137. The van der Waals surface area contributed by atoms with Gasteiger partial charge in [-0.25, -0.2) is 4.98 Å². The Labute approximate surface area is 110 Å². The molecule has 2 rings (SSSR count). The summed E-state index contributed by atoms with van der Waals surface area (Å²) in [5.41, 5.74) is 0.552. The molecular weight excluding hydrogens is 248 g/mol. The van der Waals surface area contributed by atoms with Gasteiger partial charge < -0.3 is 15.0 Å². The lowest BCUT2D eigenvalue weighted by atomic mass is 10.2. The molecule has 0 aromatic carbocycles. The quantitative estimate of drug-likeness (QED) is 0.752. The van der Waals surface area contributed by atoms with Crippen LogP contribution in [0.4, 0.5) is 5.82 Å². The molecule has 102 valence electrons. The average Bonchev–Trinajstić information content (AvgIpc) is 2.67. The Morgan fingerprint density at radius 2 is 2.26 bits per heavy atom. The average molecular weight is 264 g/mol. The Hall–Kier alpha value is -2.18. The van der Waals surface area contributed by atoms with E-state index in [4.69, 9.17) is 5.11 Å². The molecule has 1 aromatic rings. The monoisotopic (exact) mass is 264 g/mol. The largest absolute Gasteiger partial charge is 0.481 e. The molecule has 0 aliphatic carbocycles. The molecule has 2 N–H and O–H groups in total. The molecule has 1 aromatic heterocycles. The van der Waals surface area contributed by atoms with Gasteiger partial charge in [0, 0.05) is 13.0 Å². The van der Waals surface area contributed by atoms with Crippen molar-refractivity contribution in [1.29, 1.82) is 0 Å². The summed E-state index contributed by atoms with van der Waals surface area (Å²) < 4.78 is 1.81. The van der Waals surface area contributed by atoms with Crippen LogP contribution in [0.3, 0.4) is 0 Å². The number of aryl methyl sites for hydroxylation is 1. The van der Waals surface area contributed by atoms with E-state index in [0.717, 1.165) is 12.8 Å². The number of aromatic nitrogens is 2. The van der Waals surface area contributed by atoms with Gasteiger partial charge in [-0.05, 0) is 12.8 Å². The van der Waals surface area contributed by atoms with Crippen LogP contribution in [-0.2, 0) is 11.3 Å². The summed E-state index contributed by atoms with van der Waals surface area (Å²) >= 11 is 0.